The van der Waals surface area contributed by atoms with Gasteiger partial charge in [-0.2, -0.15) is 0 Å². The van der Waals surface area contributed by atoms with Crippen molar-refractivity contribution in [2.75, 3.05) is 19.6 Å². The normalized spacial score (nSPS) is 20.8. The summed E-state index contributed by atoms with van der Waals surface area (Å²) in [6.07, 6.45) is 5.03. The molecule has 0 heterocycles. The van der Waals surface area contributed by atoms with E-state index >= 15 is 0 Å². The molecule has 0 aliphatic heterocycles. The third-order valence-electron chi connectivity index (χ3n) is 4.48. The largest absolute Gasteiger partial charge is 2.00 e. The maximum Gasteiger partial charge on any atom is 2.00 e. The van der Waals surface area contributed by atoms with Gasteiger partial charge in [-0.05, 0) is 64.6 Å². The summed E-state index contributed by atoms with van der Waals surface area (Å²) >= 11 is 0. The molecule has 1 rings (SSSR count). The number of carbonyl (C=O) groups excluding carboxylic acids is 2. The Morgan fingerprint density at radius 3 is 1.80 bits per heavy atom. The van der Waals surface area contributed by atoms with Gasteiger partial charge in [-0.1, -0.05) is 13.8 Å². The van der Waals surface area contributed by atoms with Gasteiger partial charge in [0.05, 0.1) is 0 Å². The number of nitrogens with zero attached hydrogens (tertiary/aromatic N) is 1. The average molecular weight is 539 g/mol. The van der Waals surface area contributed by atoms with E-state index in [4.69, 9.17) is 11.5 Å². The van der Waals surface area contributed by atoms with Gasteiger partial charge in [-0.25, -0.2) is 0 Å². The predicted molar refractivity (Wildman–Crippen MR) is 89.6 cm³/mol. The molecule has 150 valence electrons. The smallest absolute Gasteiger partial charge is 0.550 e. The van der Waals surface area contributed by atoms with Crippen LogP contribution in [0, 0.1) is 5.92 Å². The molecule has 0 aromatic heterocycles. The van der Waals surface area contributed by atoms with Crippen molar-refractivity contribution in [2.45, 2.75) is 70.9 Å². The summed E-state index contributed by atoms with van der Waals surface area (Å²) in [7, 11) is 0. The fourth-order valence-corrected chi connectivity index (χ4v) is 2.75. The van der Waals surface area contributed by atoms with Crippen molar-refractivity contribution in [1.29, 1.82) is 0 Å². The molecule has 1 fully saturated rings. The molecule has 7 nitrogen and oxygen atoms in total. The molecule has 1 aliphatic carbocycles. The molecule has 0 amide bonds. The van der Waals surface area contributed by atoms with Gasteiger partial charge in [0.15, 0.2) is 0 Å². The molecule has 0 radical (unpaired) electrons. The first-order chi connectivity index (χ1) is 11.3. The minimum Gasteiger partial charge on any atom is -0.550 e. The van der Waals surface area contributed by atoms with Gasteiger partial charge in [0, 0.05) is 29.9 Å². The molecule has 0 aromatic rings. The molecule has 25 heavy (non-hydrogen) atoms. The Hall–Kier alpha value is -0.492. The molecule has 0 saturated heterocycles. The predicted octanol–water partition coefficient (Wildman–Crippen LogP) is -1.17. The van der Waals surface area contributed by atoms with Gasteiger partial charge in [-0.15, -0.1) is 0 Å². The number of hydrogen-bond donors (Lipinski definition) is 2. The average Bonchev–Trinajstić information content (AvgIpc) is 2.53. The Bertz CT molecular complexity index is 350. The first kappa shape index (κ1) is 26.7. The number of carboxylic acid groups (broad SMARTS) is 2. The Morgan fingerprint density at radius 2 is 1.48 bits per heavy atom. The van der Waals surface area contributed by atoms with Gasteiger partial charge in [0.2, 0.25) is 0 Å². The van der Waals surface area contributed by atoms with Gasteiger partial charge < -0.3 is 36.2 Å². The summed E-state index contributed by atoms with van der Waals surface area (Å²) in [5, 5.41) is 20.9. The second-order valence-electron chi connectivity index (χ2n) is 6.44. The second-order valence-corrected chi connectivity index (χ2v) is 6.44. The van der Waals surface area contributed by atoms with E-state index in [0.717, 1.165) is 45.3 Å². The van der Waals surface area contributed by atoms with Crippen LogP contribution in [0.25, 0.3) is 0 Å². The zero-order valence-corrected chi connectivity index (χ0v) is 17.6. The number of aliphatic carboxylic acids is 2. The van der Waals surface area contributed by atoms with Crippen LogP contribution in [0.15, 0.2) is 0 Å². The van der Waals surface area contributed by atoms with E-state index in [2.05, 4.69) is 4.90 Å². The molecule has 1 unspecified atom stereocenters. The number of carbonyl (C=O) groups is 2. The fourth-order valence-electron chi connectivity index (χ4n) is 2.75. The maximum absolute atomic E-state index is 10.6. The van der Waals surface area contributed by atoms with E-state index in [1.54, 1.807) is 0 Å². The first-order valence-corrected chi connectivity index (χ1v) is 8.94. The minimum absolute atomic E-state index is 0. The van der Waals surface area contributed by atoms with Gasteiger partial charge in [0.25, 0.3) is 0 Å². The summed E-state index contributed by atoms with van der Waals surface area (Å²) in [6, 6.07) is 0.879. The van der Waals surface area contributed by atoms with E-state index in [0.29, 0.717) is 24.9 Å². The van der Waals surface area contributed by atoms with Crippen LogP contribution in [0.4, 0.5) is 0 Å². The molecule has 1 saturated carbocycles. The molecular formula is C17H33N3O4Pt. The summed E-state index contributed by atoms with van der Waals surface area (Å²) in [6.45, 7) is 6.66. The first-order valence-electron chi connectivity index (χ1n) is 8.94. The van der Waals surface area contributed by atoms with Gasteiger partial charge in [-0.3, -0.25) is 0 Å². The number of carboxylic acids is 2. The Morgan fingerprint density at radius 1 is 1.04 bits per heavy atom. The van der Waals surface area contributed by atoms with Crippen LogP contribution < -0.4 is 21.7 Å². The van der Waals surface area contributed by atoms with E-state index in [1.165, 1.54) is 0 Å². The maximum atomic E-state index is 10.6. The molecule has 1 atom stereocenters. The van der Waals surface area contributed by atoms with Crippen molar-refractivity contribution < 1.29 is 40.9 Å². The SMILES string of the molecule is CCN(CC)CCCC(CC(=O)[O-])C(=O)[O-].NC1CCC(N)CC1.[Pt+2]. The van der Waals surface area contributed by atoms with Crippen LogP contribution in [0.5, 0.6) is 0 Å². The Kier molecular flexibility index (Phi) is 16.8. The van der Waals surface area contributed by atoms with Gasteiger partial charge >= 0.3 is 21.1 Å². The third-order valence-corrected chi connectivity index (χ3v) is 4.48. The van der Waals surface area contributed by atoms with Crippen LogP contribution in [0.3, 0.4) is 0 Å². The molecule has 0 spiro atoms. The third kappa shape index (κ3) is 14.4. The number of hydrogen-bond acceptors (Lipinski definition) is 7. The number of nitrogens with two attached hydrogens (primary N) is 2. The molecule has 4 N–H and O–H groups in total. The monoisotopic (exact) mass is 538 g/mol. The molecule has 8 heteroatoms. The standard InChI is InChI=1S/C11H21NO4.C6H14N2.Pt/c1-3-12(4-2)7-5-6-9(11(15)16)8-10(13)14;7-5-1-2-6(8)4-3-5;/h9H,3-8H2,1-2H3,(H,13,14)(H,15,16);5-6H,1-4,7-8H2;/q;;+2/p-2. The molecule has 0 bridgehead atoms. The molecule has 1 aliphatic rings. The van der Waals surface area contributed by atoms with Crippen molar-refractivity contribution in [3.63, 3.8) is 0 Å². The van der Waals surface area contributed by atoms with Crippen LogP contribution in [0.2, 0.25) is 0 Å². The van der Waals surface area contributed by atoms with Crippen molar-refractivity contribution in [3.05, 3.63) is 0 Å². The zero-order valence-electron chi connectivity index (χ0n) is 15.4. The second kappa shape index (κ2) is 15.7. The van der Waals surface area contributed by atoms with E-state index < -0.39 is 24.3 Å². The molecular weight excluding hydrogens is 505 g/mol. The summed E-state index contributed by atoms with van der Waals surface area (Å²) < 4.78 is 0. The van der Waals surface area contributed by atoms with E-state index in [-0.39, 0.29) is 21.1 Å². The van der Waals surface area contributed by atoms with Crippen molar-refractivity contribution in [1.82, 2.24) is 4.90 Å². The summed E-state index contributed by atoms with van der Waals surface area (Å²) in [4.78, 5) is 23.1. The Balaban J connectivity index is 0. The Labute approximate surface area is 165 Å². The van der Waals surface area contributed by atoms with Gasteiger partial charge in [0.1, 0.15) is 0 Å². The van der Waals surface area contributed by atoms with Crippen molar-refractivity contribution >= 4 is 11.9 Å². The quantitative estimate of drug-likeness (QED) is 0.378. The zero-order chi connectivity index (χ0) is 18.5. The summed E-state index contributed by atoms with van der Waals surface area (Å²) in [5.41, 5.74) is 11.3. The topological polar surface area (TPSA) is 136 Å². The summed E-state index contributed by atoms with van der Waals surface area (Å²) in [5.74, 6) is -3.57. The van der Waals surface area contributed by atoms with Crippen molar-refractivity contribution in [2.24, 2.45) is 17.4 Å². The van der Waals surface area contributed by atoms with Crippen LogP contribution >= 0.6 is 0 Å². The van der Waals surface area contributed by atoms with Crippen molar-refractivity contribution in [3.8, 4) is 0 Å². The molecule has 0 aromatic carbocycles. The van der Waals surface area contributed by atoms with Crippen LogP contribution in [-0.4, -0.2) is 48.6 Å². The van der Waals surface area contributed by atoms with Crippen LogP contribution in [0.1, 0.15) is 58.8 Å². The van der Waals surface area contributed by atoms with Crippen LogP contribution in [-0.2, 0) is 30.7 Å². The fraction of sp³-hybridized carbons (Fsp3) is 0.882. The minimum atomic E-state index is -1.34. The number of rotatable bonds is 9. The van der Waals surface area contributed by atoms with E-state index in [9.17, 15) is 19.8 Å². The van der Waals surface area contributed by atoms with E-state index in [1.807, 2.05) is 13.8 Å².